The zero-order valence-electron chi connectivity index (χ0n) is 12.9. The van der Waals surface area contributed by atoms with E-state index in [4.69, 9.17) is 11.6 Å². The SMILES string of the molecule is Cc1ccc(Nc2nncc(NCc3ccc(F)cc3)n2)cc1Cl. The van der Waals surface area contributed by atoms with Crippen molar-refractivity contribution in [1.29, 1.82) is 0 Å². The van der Waals surface area contributed by atoms with E-state index < -0.39 is 0 Å². The van der Waals surface area contributed by atoms with Crippen molar-refractivity contribution in [3.63, 3.8) is 0 Å². The first-order valence-corrected chi connectivity index (χ1v) is 7.69. The summed E-state index contributed by atoms with van der Waals surface area (Å²) in [5, 5.41) is 14.7. The van der Waals surface area contributed by atoms with E-state index in [-0.39, 0.29) is 5.82 Å². The molecule has 0 aliphatic rings. The first-order valence-electron chi connectivity index (χ1n) is 7.31. The van der Waals surface area contributed by atoms with Crippen LogP contribution in [0.15, 0.2) is 48.7 Å². The quantitative estimate of drug-likeness (QED) is 0.722. The molecule has 1 heterocycles. The van der Waals surface area contributed by atoms with Gasteiger partial charge in [-0.05, 0) is 42.3 Å². The molecular weight excluding hydrogens is 329 g/mol. The molecule has 2 N–H and O–H groups in total. The van der Waals surface area contributed by atoms with Crippen LogP contribution in [0.2, 0.25) is 5.02 Å². The number of aryl methyl sites for hydroxylation is 1. The van der Waals surface area contributed by atoms with E-state index in [1.54, 1.807) is 18.2 Å². The molecule has 3 rings (SSSR count). The fourth-order valence-electron chi connectivity index (χ4n) is 2.04. The van der Waals surface area contributed by atoms with Crippen LogP contribution in [0.25, 0.3) is 0 Å². The van der Waals surface area contributed by atoms with Gasteiger partial charge in [0.25, 0.3) is 0 Å². The Labute approximate surface area is 143 Å². The second-order valence-corrected chi connectivity index (χ2v) is 5.64. The van der Waals surface area contributed by atoms with Crippen molar-refractivity contribution in [2.24, 2.45) is 0 Å². The number of rotatable bonds is 5. The van der Waals surface area contributed by atoms with Gasteiger partial charge in [-0.2, -0.15) is 10.1 Å². The minimum atomic E-state index is -0.259. The monoisotopic (exact) mass is 343 g/mol. The number of nitrogens with zero attached hydrogens (tertiary/aromatic N) is 3. The van der Waals surface area contributed by atoms with Crippen molar-refractivity contribution < 1.29 is 4.39 Å². The molecule has 0 atom stereocenters. The molecule has 24 heavy (non-hydrogen) atoms. The first kappa shape index (κ1) is 16.1. The lowest BCUT2D eigenvalue weighted by molar-refractivity contribution is 0.627. The number of aromatic nitrogens is 3. The van der Waals surface area contributed by atoms with Gasteiger partial charge in [-0.1, -0.05) is 29.8 Å². The minimum Gasteiger partial charge on any atom is -0.365 e. The van der Waals surface area contributed by atoms with E-state index in [1.165, 1.54) is 18.3 Å². The Morgan fingerprint density at radius 3 is 2.67 bits per heavy atom. The molecular formula is C17H15ClFN5. The molecule has 2 aromatic carbocycles. The van der Waals surface area contributed by atoms with Gasteiger partial charge in [-0.25, -0.2) is 4.39 Å². The molecule has 0 radical (unpaired) electrons. The summed E-state index contributed by atoms with van der Waals surface area (Å²) in [6, 6.07) is 11.9. The van der Waals surface area contributed by atoms with E-state index in [0.29, 0.717) is 23.3 Å². The number of hydrogen-bond acceptors (Lipinski definition) is 5. The highest BCUT2D eigenvalue weighted by molar-refractivity contribution is 6.31. The number of halogens is 2. The Morgan fingerprint density at radius 1 is 1.12 bits per heavy atom. The van der Waals surface area contributed by atoms with Gasteiger partial charge in [0.1, 0.15) is 5.82 Å². The van der Waals surface area contributed by atoms with Crippen LogP contribution in [0.5, 0.6) is 0 Å². The molecule has 0 amide bonds. The van der Waals surface area contributed by atoms with Gasteiger partial charge < -0.3 is 10.6 Å². The minimum absolute atomic E-state index is 0.259. The van der Waals surface area contributed by atoms with E-state index in [9.17, 15) is 4.39 Å². The van der Waals surface area contributed by atoms with E-state index in [2.05, 4.69) is 25.8 Å². The lowest BCUT2D eigenvalue weighted by Gasteiger charge is -2.08. The van der Waals surface area contributed by atoms with Gasteiger partial charge in [0, 0.05) is 17.3 Å². The highest BCUT2D eigenvalue weighted by Gasteiger charge is 2.03. The topological polar surface area (TPSA) is 62.7 Å². The summed E-state index contributed by atoms with van der Waals surface area (Å²) in [5.41, 5.74) is 2.72. The summed E-state index contributed by atoms with van der Waals surface area (Å²) >= 11 is 6.10. The van der Waals surface area contributed by atoms with Crippen molar-refractivity contribution >= 4 is 29.1 Å². The fourth-order valence-corrected chi connectivity index (χ4v) is 2.22. The second-order valence-electron chi connectivity index (χ2n) is 5.23. The van der Waals surface area contributed by atoms with Crippen molar-refractivity contribution in [3.05, 3.63) is 70.6 Å². The Kier molecular flexibility index (Phi) is 4.86. The number of anilines is 3. The van der Waals surface area contributed by atoms with E-state index in [1.807, 2.05) is 19.1 Å². The normalized spacial score (nSPS) is 10.5. The Bertz CT molecular complexity index is 839. The number of benzene rings is 2. The molecule has 1 aromatic heterocycles. The molecule has 0 saturated heterocycles. The Hall–Kier alpha value is -2.73. The summed E-state index contributed by atoms with van der Waals surface area (Å²) in [6.07, 6.45) is 1.52. The van der Waals surface area contributed by atoms with Crippen molar-refractivity contribution in [1.82, 2.24) is 15.2 Å². The molecule has 0 aliphatic heterocycles. The zero-order valence-corrected chi connectivity index (χ0v) is 13.7. The van der Waals surface area contributed by atoms with E-state index >= 15 is 0 Å². The molecule has 0 spiro atoms. The first-order chi connectivity index (χ1) is 11.6. The third-order valence-electron chi connectivity index (χ3n) is 3.37. The fraction of sp³-hybridized carbons (Fsp3) is 0.118. The molecule has 0 fully saturated rings. The summed E-state index contributed by atoms with van der Waals surface area (Å²) in [5.74, 6) is 0.666. The van der Waals surface area contributed by atoms with E-state index in [0.717, 1.165) is 16.8 Å². The third kappa shape index (κ3) is 4.17. The lowest BCUT2D eigenvalue weighted by Crippen LogP contribution is -2.05. The van der Waals surface area contributed by atoms with Crippen LogP contribution < -0.4 is 10.6 Å². The summed E-state index contributed by atoms with van der Waals surface area (Å²) in [6.45, 7) is 2.44. The predicted molar refractivity (Wildman–Crippen MR) is 93.0 cm³/mol. The molecule has 0 bridgehead atoms. The smallest absolute Gasteiger partial charge is 0.249 e. The zero-order chi connectivity index (χ0) is 16.9. The summed E-state index contributed by atoms with van der Waals surface area (Å²) in [4.78, 5) is 4.34. The Balaban J connectivity index is 1.67. The maximum Gasteiger partial charge on any atom is 0.249 e. The Morgan fingerprint density at radius 2 is 1.92 bits per heavy atom. The third-order valence-corrected chi connectivity index (χ3v) is 3.78. The molecule has 0 aliphatic carbocycles. The second kappa shape index (κ2) is 7.23. The van der Waals surface area contributed by atoms with Crippen LogP contribution in [0, 0.1) is 12.7 Å². The van der Waals surface area contributed by atoms with Gasteiger partial charge >= 0.3 is 0 Å². The summed E-state index contributed by atoms with van der Waals surface area (Å²) in [7, 11) is 0. The molecule has 0 unspecified atom stereocenters. The van der Waals surface area contributed by atoms with Gasteiger partial charge in [0.15, 0.2) is 5.82 Å². The molecule has 7 heteroatoms. The average Bonchev–Trinajstić information content (AvgIpc) is 2.58. The van der Waals surface area contributed by atoms with Crippen LogP contribution in [0.3, 0.4) is 0 Å². The summed E-state index contributed by atoms with van der Waals surface area (Å²) < 4.78 is 12.9. The molecule has 3 aromatic rings. The van der Waals surface area contributed by atoms with Gasteiger partial charge in [0.05, 0.1) is 6.20 Å². The van der Waals surface area contributed by atoms with Crippen molar-refractivity contribution in [2.75, 3.05) is 10.6 Å². The van der Waals surface area contributed by atoms with Crippen molar-refractivity contribution in [3.8, 4) is 0 Å². The maximum absolute atomic E-state index is 12.9. The molecule has 5 nitrogen and oxygen atoms in total. The predicted octanol–water partition coefficient (Wildman–Crippen LogP) is 4.33. The lowest BCUT2D eigenvalue weighted by atomic mass is 10.2. The molecule has 122 valence electrons. The maximum atomic E-state index is 12.9. The van der Waals surface area contributed by atoms with Gasteiger partial charge in [-0.15, -0.1) is 5.10 Å². The highest BCUT2D eigenvalue weighted by atomic mass is 35.5. The van der Waals surface area contributed by atoms with Crippen LogP contribution in [-0.4, -0.2) is 15.2 Å². The number of hydrogen-bond donors (Lipinski definition) is 2. The largest absolute Gasteiger partial charge is 0.365 e. The number of nitrogens with one attached hydrogen (secondary N) is 2. The van der Waals surface area contributed by atoms with Crippen molar-refractivity contribution in [2.45, 2.75) is 13.5 Å². The highest BCUT2D eigenvalue weighted by Crippen LogP contribution is 2.22. The van der Waals surface area contributed by atoms with Gasteiger partial charge in [-0.3, -0.25) is 0 Å². The van der Waals surface area contributed by atoms with Gasteiger partial charge in [0.2, 0.25) is 5.95 Å². The van der Waals surface area contributed by atoms with Crippen LogP contribution in [0.4, 0.5) is 21.8 Å². The molecule has 0 saturated carbocycles. The average molecular weight is 344 g/mol. The van der Waals surface area contributed by atoms with Crippen LogP contribution in [-0.2, 0) is 6.54 Å². The standard InChI is InChI=1S/C17H15ClFN5/c1-11-2-7-14(8-15(11)18)22-17-23-16(10-21-24-17)20-9-12-3-5-13(19)6-4-12/h2-8,10H,9H2,1H3,(H2,20,22,23,24). The van der Waals surface area contributed by atoms with Crippen LogP contribution in [0.1, 0.15) is 11.1 Å². The van der Waals surface area contributed by atoms with Crippen LogP contribution >= 0.6 is 11.6 Å².